The van der Waals surface area contributed by atoms with E-state index in [4.69, 9.17) is 27.9 Å². The lowest BCUT2D eigenvalue weighted by atomic mass is 10.2. The molecule has 2 aromatic carbocycles. The average Bonchev–Trinajstić information content (AvgIpc) is 2.60. The maximum absolute atomic E-state index is 12.2. The van der Waals surface area contributed by atoms with Crippen LogP contribution in [0.4, 0.5) is 5.69 Å². The van der Waals surface area contributed by atoms with Gasteiger partial charge >= 0.3 is 0 Å². The molecule has 9 heteroatoms. The third kappa shape index (κ3) is 6.30. The summed E-state index contributed by atoms with van der Waals surface area (Å²) in [5, 5.41) is 2.90. The predicted molar refractivity (Wildman–Crippen MR) is 108 cm³/mol. The van der Waals surface area contributed by atoms with Crippen molar-refractivity contribution < 1.29 is 17.9 Å². The van der Waals surface area contributed by atoms with Crippen molar-refractivity contribution in [2.45, 2.75) is 6.92 Å². The van der Waals surface area contributed by atoms with Crippen LogP contribution < -0.4 is 14.4 Å². The molecule has 0 aliphatic heterocycles. The molecule has 2 rings (SSSR count). The van der Waals surface area contributed by atoms with E-state index in [0.717, 1.165) is 16.1 Å². The van der Waals surface area contributed by atoms with Crippen LogP contribution in [0.5, 0.6) is 5.75 Å². The molecule has 0 fully saturated rings. The van der Waals surface area contributed by atoms with E-state index in [1.54, 1.807) is 6.07 Å². The quantitative estimate of drug-likeness (QED) is 0.651. The molecule has 1 N–H and O–H groups in total. The molecule has 2 aromatic rings. The first-order valence-electron chi connectivity index (χ1n) is 8.06. The number of amides is 1. The smallest absolute Gasteiger partial charge is 0.240 e. The first-order valence-corrected chi connectivity index (χ1v) is 10.7. The standard InChI is InChI=1S/C18H20Cl2N2O4S/c1-13-6-8-14(9-7-13)26-11-10-21-17(23)12-22(27(2,24)25)16-5-3-4-15(19)18(16)20/h3-9H,10-12H2,1-2H3,(H,21,23). The average molecular weight is 431 g/mol. The first kappa shape index (κ1) is 21.3. The van der Waals surface area contributed by atoms with Crippen molar-refractivity contribution in [3.05, 3.63) is 58.1 Å². The van der Waals surface area contributed by atoms with Gasteiger partial charge in [0.1, 0.15) is 18.9 Å². The number of ether oxygens (including phenoxy) is 1. The Morgan fingerprint density at radius 2 is 1.81 bits per heavy atom. The van der Waals surface area contributed by atoms with Gasteiger partial charge in [0.2, 0.25) is 15.9 Å². The molecule has 0 bridgehead atoms. The Balaban J connectivity index is 1.94. The highest BCUT2D eigenvalue weighted by atomic mass is 35.5. The van der Waals surface area contributed by atoms with E-state index in [1.807, 2.05) is 31.2 Å². The Kier molecular flexibility index (Phi) is 7.35. The number of halogens is 2. The van der Waals surface area contributed by atoms with Crippen LogP contribution in [-0.2, 0) is 14.8 Å². The predicted octanol–water partition coefficient (Wildman–Crippen LogP) is 3.26. The van der Waals surface area contributed by atoms with Crippen LogP contribution in [0.1, 0.15) is 5.56 Å². The topological polar surface area (TPSA) is 75.7 Å². The van der Waals surface area contributed by atoms with Crippen molar-refractivity contribution in [1.82, 2.24) is 5.32 Å². The highest BCUT2D eigenvalue weighted by Gasteiger charge is 2.23. The van der Waals surface area contributed by atoms with Crippen molar-refractivity contribution in [1.29, 1.82) is 0 Å². The third-order valence-corrected chi connectivity index (χ3v) is 5.54. The van der Waals surface area contributed by atoms with Crippen molar-refractivity contribution in [3.63, 3.8) is 0 Å². The minimum atomic E-state index is -3.73. The summed E-state index contributed by atoms with van der Waals surface area (Å²) in [5.41, 5.74) is 1.27. The summed E-state index contributed by atoms with van der Waals surface area (Å²) >= 11 is 12.0. The number of aryl methyl sites for hydroxylation is 1. The van der Waals surface area contributed by atoms with Crippen LogP contribution in [-0.4, -0.2) is 40.3 Å². The highest BCUT2D eigenvalue weighted by molar-refractivity contribution is 7.92. The molecule has 0 atom stereocenters. The van der Waals surface area contributed by atoms with E-state index in [0.29, 0.717) is 5.75 Å². The van der Waals surface area contributed by atoms with E-state index in [9.17, 15) is 13.2 Å². The van der Waals surface area contributed by atoms with Crippen molar-refractivity contribution in [3.8, 4) is 5.75 Å². The number of benzene rings is 2. The minimum Gasteiger partial charge on any atom is -0.492 e. The van der Waals surface area contributed by atoms with Crippen molar-refractivity contribution in [2.75, 3.05) is 30.3 Å². The Morgan fingerprint density at radius 3 is 2.44 bits per heavy atom. The molecular formula is C18H20Cl2N2O4S. The van der Waals surface area contributed by atoms with Crippen molar-refractivity contribution >= 4 is 44.8 Å². The second kappa shape index (κ2) is 9.30. The molecule has 0 aromatic heterocycles. The van der Waals surface area contributed by atoms with Crippen LogP contribution in [0.2, 0.25) is 10.0 Å². The van der Waals surface area contributed by atoms with Crippen LogP contribution >= 0.6 is 23.2 Å². The molecule has 0 unspecified atom stereocenters. The number of sulfonamides is 1. The molecule has 6 nitrogen and oxygen atoms in total. The van der Waals surface area contributed by atoms with Gasteiger partial charge in [-0.2, -0.15) is 0 Å². The van der Waals surface area contributed by atoms with Gasteiger partial charge in [-0.05, 0) is 31.2 Å². The molecule has 27 heavy (non-hydrogen) atoms. The molecule has 0 aliphatic carbocycles. The molecule has 0 heterocycles. The zero-order valence-electron chi connectivity index (χ0n) is 14.9. The van der Waals surface area contributed by atoms with Crippen LogP contribution in [0.3, 0.4) is 0 Å². The molecule has 0 radical (unpaired) electrons. The van der Waals surface area contributed by atoms with Crippen molar-refractivity contribution in [2.24, 2.45) is 0 Å². The molecule has 0 spiro atoms. The lowest BCUT2D eigenvalue weighted by Gasteiger charge is -2.23. The largest absolute Gasteiger partial charge is 0.492 e. The molecule has 146 valence electrons. The molecule has 0 saturated carbocycles. The Bertz CT molecular complexity index is 902. The number of carbonyl (C=O) groups excluding carboxylic acids is 1. The third-order valence-electron chi connectivity index (χ3n) is 3.60. The van der Waals surface area contributed by atoms with Gasteiger partial charge in [-0.3, -0.25) is 9.10 Å². The van der Waals surface area contributed by atoms with Gasteiger partial charge in [0.15, 0.2) is 0 Å². The van der Waals surface area contributed by atoms with Gasteiger partial charge in [0.25, 0.3) is 0 Å². The summed E-state index contributed by atoms with van der Waals surface area (Å²) < 4.78 is 30.6. The summed E-state index contributed by atoms with van der Waals surface area (Å²) in [7, 11) is -3.73. The fraction of sp³-hybridized carbons (Fsp3) is 0.278. The lowest BCUT2D eigenvalue weighted by Crippen LogP contribution is -2.41. The molecular weight excluding hydrogens is 411 g/mol. The van der Waals surface area contributed by atoms with E-state index in [1.165, 1.54) is 12.1 Å². The number of nitrogens with zero attached hydrogens (tertiary/aromatic N) is 1. The van der Waals surface area contributed by atoms with E-state index in [-0.39, 0.29) is 28.9 Å². The summed E-state index contributed by atoms with van der Waals surface area (Å²) in [6.07, 6.45) is 0.998. The lowest BCUT2D eigenvalue weighted by molar-refractivity contribution is -0.119. The second-order valence-corrected chi connectivity index (χ2v) is 8.55. The summed E-state index contributed by atoms with van der Waals surface area (Å²) in [6.45, 7) is 2.05. The number of carbonyl (C=O) groups is 1. The van der Waals surface area contributed by atoms with Gasteiger partial charge in [-0.15, -0.1) is 0 Å². The van der Waals surface area contributed by atoms with Crippen LogP contribution in [0.25, 0.3) is 0 Å². The maximum Gasteiger partial charge on any atom is 0.240 e. The fourth-order valence-electron chi connectivity index (χ4n) is 2.25. The highest BCUT2D eigenvalue weighted by Crippen LogP contribution is 2.33. The number of hydrogen-bond donors (Lipinski definition) is 1. The molecule has 1 amide bonds. The van der Waals surface area contributed by atoms with E-state index >= 15 is 0 Å². The summed E-state index contributed by atoms with van der Waals surface area (Å²) in [6, 6.07) is 12.1. The van der Waals surface area contributed by atoms with Crippen LogP contribution in [0, 0.1) is 6.92 Å². The Labute approximate surface area is 169 Å². The van der Waals surface area contributed by atoms with Gasteiger partial charge in [-0.1, -0.05) is 47.0 Å². The van der Waals surface area contributed by atoms with Gasteiger partial charge in [0, 0.05) is 0 Å². The Hall–Kier alpha value is -1.96. The summed E-state index contributed by atoms with van der Waals surface area (Å²) in [4.78, 5) is 12.2. The van der Waals surface area contributed by atoms with Crippen LogP contribution in [0.15, 0.2) is 42.5 Å². The number of nitrogens with one attached hydrogen (secondary N) is 1. The fourth-order valence-corrected chi connectivity index (χ4v) is 3.56. The number of rotatable bonds is 8. The number of anilines is 1. The zero-order chi connectivity index (χ0) is 20.0. The van der Waals surface area contributed by atoms with E-state index in [2.05, 4.69) is 5.32 Å². The molecule has 0 saturated heterocycles. The second-order valence-electron chi connectivity index (χ2n) is 5.85. The Morgan fingerprint density at radius 1 is 1.15 bits per heavy atom. The summed E-state index contributed by atoms with van der Waals surface area (Å²) in [5.74, 6) is 0.210. The maximum atomic E-state index is 12.2. The van der Waals surface area contributed by atoms with Gasteiger partial charge in [-0.25, -0.2) is 8.42 Å². The SMILES string of the molecule is Cc1ccc(OCCNC(=O)CN(c2cccc(Cl)c2Cl)S(C)(=O)=O)cc1. The number of hydrogen-bond acceptors (Lipinski definition) is 4. The van der Waals surface area contributed by atoms with E-state index < -0.39 is 22.5 Å². The molecule has 0 aliphatic rings. The minimum absolute atomic E-state index is 0.0695. The van der Waals surface area contributed by atoms with Gasteiger partial charge < -0.3 is 10.1 Å². The first-order chi connectivity index (χ1) is 12.7. The van der Waals surface area contributed by atoms with Gasteiger partial charge in [0.05, 0.1) is 28.5 Å². The normalized spacial score (nSPS) is 11.1. The monoisotopic (exact) mass is 430 g/mol. The zero-order valence-corrected chi connectivity index (χ0v) is 17.2.